The third-order valence-corrected chi connectivity index (χ3v) is 7.17. The summed E-state index contributed by atoms with van der Waals surface area (Å²) in [7, 11) is 1.56. The number of hydrogen-bond acceptors (Lipinski definition) is 8. The molecule has 16 heteroatoms. The molecule has 208 valence electrons. The number of anilines is 1. The Balaban J connectivity index is 1.62. The normalized spacial score (nSPS) is 12.1. The number of thiazole rings is 1. The average molecular weight is 604 g/mol. The molecule has 3 aromatic heterocycles. The first-order valence-corrected chi connectivity index (χ1v) is 13.0. The van der Waals surface area contributed by atoms with Gasteiger partial charge in [-0.2, -0.15) is 13.2 Å². The van der Waals surface area contributed by atoms with E-state index < -0.39 is 34.6 Å². The summed E-state index contributed by atoms with van der Waals surface area (Å²) < 4.78 is 39.2. The van der Waals surface area contributed by atoms with Crippen molar-refractivity contribution in [2.24, 2.45) is 0 Å². The van der Waals surface area contributed by atoms with Crippen LogP contribution in [0.25, 0.3) is 0 Å². The first kappa shape index (κ1) is 30.2. The predicted octanol–water partition coefficient (Wildman–Crippen LogP) is 4.86. The molecule has 3 amide bonds. The highest BCUT2D eigenvalue weighted by Gasteiger charge is 2.34. The topological polar surface area (TPSA) is 139 Å². The van der Waals surface area contributed by atoms with Crippen molar-refractivity contribution in [2.75, 3.05) is 12.4 Å². The fourth-order valence-corrected chi connectivity index (χ4v) is 4.57. The Labute approximate surface area is 234 Å². The third kappa shape index (κ3) is 8.07. The number of unbranched alkanes of at least 4 members (excludes halogenated alkanes) is 1. The van der Waals surface area contributed by atoms with E-state index in [1.54, 1.807) is 14.0 Å². The zero-order valence-corrected chi connectivity index (χ0v) is 22.9. The van der Waals surface area contributed by atoms with Crippen molar-refractivity contribution in [3.63, 3.8) is 0 Å². The Morgan fingerprint density at radius 3 is 2.49 bits per heavy atom. The van der Waals surface area contributed by atoms with Crippen LogP contribution in [-0.4, -0.2) is 44.7 Å². The van der Waals surface area contributed by atoms with Gasteiger partial charge < -0.3 is 16.0 Å². The van der Waals surface area contributed by atoms with Crippen LogP contribution in [0.1, 0.15) is 68.7 Å². The lowest BCUT2D eigenvalue weighted by Gasteiger charge is -2.12. The van der Waals surface area contributed by atoms with Crippen molar-refractivity contribution in [3.8, 4) is 0 Å². The number of nitrogens with zero attached hydrogens (tertiary/aromatic N) is 4. The number of aryl methyl sites for hydroxylation is 1. The van der Waals surface area contributed by atoms with Crippen molar-refractivity contribution in [1.82, 2.24) is 30.6 Å². The molecule has 0 unspecified atom stereocenters. The zero-order chi connectivity index (χ0) is 28.7. The Morgan fingerprint density at radius 1 is 1.05 bits per heavy atom. The fourth-order valence-electron chi connectivity index (χ4n) is 3.26. The molecule has 3 aromatic rings. The summed E-state index contributed by atoms with van der Waals surface area (Å²) in [4.78, 5) is 52.7. The SMILES string of the molecule is CNC(=O)CCCCc1ncnc(C(=O)N[C@H](C)c2ncc(C(=O)Nc3cc(C(F)(F)F)c(Cl)cn3)s2)c1Cl. The molecular weight excluding hydrogens is 582 g/mol. The largest absolute Gasteiger partial charge is 0.418 e. The third-order valence-electron chi connectivity index (χ3n) is 5.29. The predicted molar refractivity (Wildman–Crippen MR) is 139 cm³/mol. The van der Waals surface area contributed by atoms with Crippen LogP contribution in [0.15, 0.2) is 24.8 Å². The lowest BCUT2D eigenvalue weighted by Crippen LogP contribution is -2.28. The Kier molecular flexibility index (Phi) is 10.2. The maximum Gasteiger partial charge on any atom is 0.418 e. The standard InChI is InChI=1S/C23H22Cl2F3N7O3S/c1-11(34-21(38)19-18(25)14(32-10-33-19)5-3-4-6-17(36)29-2)22-31-9-15(39-22)20(37)35-16-7-12(23(26,27)28)13(24)8-30-16/h7-11H,3-6H2,1-2H3,(H,29,36)(H,34,38)(H,30,35,37)/t11-/m1/s1. The van der Waals surface area contributed by atoms with Gasteiger partial charge in [0.1, 0.15) is 27.7 Å². The van der Waals surface area contributed by atoms with E-state index in [9.17, 15) is 27.6 Å². The van der Waals surface area contributed by atoms with Crippen LogP contribution in [0.2, 0.25) is 10.0 Å². The highest BCUT2D eigenvalue weighted by atomic mass is 35.5. The minimum absolute atomic E-state index is 0.0383. The number of alkyl halides is 3. The summed E-state index contributed by atoms with van der Waals surface area (Å²) in [6.45, 7) is 1.63. The first-order valence-electron chi connectivity index (χ1n) is 11.4. The quantitative estimate of drug-likeness (QED) is 0.281. The van der Waals surface area contributed by atoms with E-state index in [4.69, 9.17) is 23.2 Å². The summed E-state index contributed by atoms with van der Waals surface area (Å²) >= 11 is 12.8. The molecule has 0 aromatic carbocycles. The van der Waals surface area contributed by atoms with Crippen molar-refractivity contribution in [2.45, 2.75) is 44.8 Å². The Hall–Kier alpha value is -3.36. The van der Waals surface area contributed by atoms with E-state index in [0.29, 0.717) is 42.5 Å². The Morgan fingerprint density at radius 2 is 1.79 bits per heavy atom. The van der Waals surface area contributed by atoms with E-state index >= 15 is 0 Å². The van der Waals surface area contributed by atoms with Gasteiger partial charge in [-0.05, 0) is 32.3 Å². The Bertz CT molecular complexity index is 1370. The maximum absolute atomic E-state index is 13.1. The molecule has 3 rings (SSSR count). The second-order valence-electron chi connectivity index (χ2n) is 8.12. The number of amides is 3. The van der Waals surface area contributed by atoms with Gasteiger partial charge in [0, 0.05) is 19.7 Å². The molecule has 0 aliphatic heterocycles. The molecule has 0 saturated carbocycles. The molecule has 10 nitrogen and oxygen atoms in total. The molecule has 0 saturated heterocycles. The monoisotopic (exact) mass is 603 g/mol. The second-order valence-corrected chi connectivity index (χ2v) is 9.97. The maximum atomic E-state index is 13.1. The number of carbonyl (C=O) groups is 3. The molecule has 0 aliphatic carbocycles. The molecule has 0 spiro atoms. The highest BCUT2D eigenvalue weighted by molar-refractivity contribution is 7.13. The van der Waals surface area contributed by atoms with Gasteiger partial charge in [-0.3, -0.25) is 14.4 Å². The number of rotatable bonds is 10. The lowest BCUT2D eigenvalue weighted by atomic mass is 10.1. The van der Waals surface area contributed by atoms with E-state index in [-0.39, 0.29) is 27.3 Å². The van der Waals surface area contributed by atoms with Gasteiger partial charge >= 0.3 is 6.18 Å². The number of aromatic nitrogens is 4. The summed E-state index contributed by atoms with van der Waals surface area (Å²) in [5.41, 5.74) is -0.700. The molecule has 0 aliphatic rings. The minimum Gasteiger partial charge on any atom is -0.359 e. The average Bonchev–Trinajstić information content (AvgIpc) is 3.38. The molecule has 0 radical (unpaired) electrons. The van der Waals surface area contributed by atoms with Gasteiger partial charge in [-0.15, -0.1) is 11.3 Å². The number of carbonyl (C=O) groups excluding carboxylic acids is 3. The van der Waals surface area contributed by atoms with Crippen molar-refractivity contribution in [1.29, 1.82) is 0 Å². The summed E-state index contributed by atoms with van der Waals surface area (Å²) in [6.07, 6.45) is 0.599. The van der Waals surface area contributed by atoms with Crippen LogP contribution in [0.3, 0.4) is 0 Å². The first-order chi connectivity index (χ1) is 18.4. The molecule has 39 heavy (non-hydrogen) atoms. The van der Waals surface area contributed by atoms with Crippen molar-refractivity contribution < 1.29 is 27.6 Å². The molecule has 1 atom stereocenters. The summed E-state index contributed by atoms with van der Waals surface area (Å²) in [5, 5.41) is 7.37. The number of pyridine rings is 1. The molecule has 0 bridgehead atoms. The van der Waals surface area contributed by atoms with Gasteiger partial charge in [0.05, 0.1) is 33.5 Å². The van der Waals surface area contributed by atoms with Crippen LogP contribution < -0.4 is 16.0 Å². The fraction of sp³-hybridized carbons (Fsp3) is 0.348. The molecular formula is C23H22Cl2F3N7O3S. The molecule has 0 fully saturated rings. The number of hydrogen-bond donors (Lipinski definition) is 3. The van der Waals surface area contributed by atoms with Crippen molar-refractivity contribution in [3.05, 3.63) is 61.7 Å². The van der Waals surface area contributed by atoms with Crippen LogP contribution >= 0.6 is 34.5 Å². The van der Waals surface area contributed by atoms with Crippen LogP contribution in [0, 0.1) is 0 Å². The van der Waals surface area contributed by atoms with Gasteiger partial charge in [0.15, 0.2) is 0 Å². The smallest absolute Gasteiger partial charge is 0.359 e. The van der Waals surface area contributed by atoms with Crippen LogP contribution in [-0.2, 0) is 17.4 Å². The van der Waals surface area contributed by atoms with Gasteiger partial charge in [-0.1, -0.05) is 23.2 Å². The zero-order valence-electron chi connectivity index (χ0n) is 20.5. The molecule has 3 N–H and O–H groups in total. The van der Waals surface area contributed by atoms with E-state index in [1.165, 1.54) is 12.5 Å². The van der Waals surface area contributed by atoms with E-state index in [0.717, 1.165) is 17.5 Å². The summed E-state index contributed by atoms with van der Waals surface area (Å²) in [6, 6.07) is -0.0243. The van der Waals surface area contributed by atoms with Gasteiger partial charge in [0.2, 0.25) is 5.91 Å². The van der Waals surface area contributed by atoms with Gasteiger partial charge in [-0.25, -0.2) is 19.9 Å². The van der Waals surface area contributed by atoms with E-state index in [1.807, 2.05) is 0 Å². The molecule has 3 heterocycles. The number of halogens is 5. The second kappa shape index (κ2) is 13.1. The number of nitrogens with one attached hydrogen (secondary N) is 3. The lowest BCUT2D eigenvalue weighted by molar-refractivity contribution is -0.137. The van der Waals surface area contributed by atoms with Gasteiger partial charge in [0.25, 0.3) is 11.8 Å². The van der Waals surface area contributed by atoms with Crippen LogP contribution in [0.4, 0.5) is 19.0 Å². The van der Waals surface area contributed by atoms with Crippen molar-refractivity contribution >= 4 is 58.1 Å². The minimum atomic E-state index is -4.72. The highest BCUT2D eigenvalue weighted by Crippen LogP contribution is 2.35. The van der Waals surface area contributed by atoms with Crippen LogP contribution in [0.5, 0.6) is 0 Å². The summed E-state index contributed by atoms with van der Waals surface area (Å²) in [5.74, 6) is -1.73. The van der Waals surface area contributed by atoms with E-state index in [2.05, 4.69) is 35.9 Å².